The fourth-order valence-electron chi connectivity index (χ4n) is 2.87. The summed E-state index contributed by atoms with van der Waals surface area (Å²) in [4.78, 5) is 8.80. The van der Waals surface area contributed by atoms with Gasteiger partial charge in [0.2, 0.25) is 0 Å². The van der Waals surface area contributed by atoms with E-state index in [1.54, 1.807) is 17.1 Å². The third-order valence-electron chi connectivity index (χ3n) is 4.37. The molecule has 136 valence electrons. The minimum absolute atomic E-state index is 0.230. The van der Waals surface area contributed by atoms with Gasteiger partial charge in [-0.05, 0) is 36.2 Å². The van der Waals surface area contributed by atoms with Crippen LogP contribution in [0.4, 0.5) is 0 Å². The van der Waals surface area contributed by atoms with Crippen molar-refractivity contribution < 1.29 is 0 Å². The van der Waals surface area contributed by atoms with Gasteiger partial charge in [0.1, 0.15) is 0 Å². The van der Waals surface area contributed by atoms with Crippen molar-refractivity contribution in [3.05, 3.63) is 71.9 Å². The Balaban J connectivity index is 1.74. The first-order chi connectivity index (χ1) is 13.1. The van der Waals surface area contributed by atoms with Crippen molar-refractivity contribution in [1.82, 2.24) is 34.7 Å². The first kappa shape index (κ1) is 17.1. The molecule has 7 heteroatoms. The molecule has 0 saturated heterocycles. The van der Waals surface area contributed by atoms with Gasteiger partial charge < -0.3 is 0 Å². The molecule has 4 rings (SSSR count). The van der Waals surface area contributed by atoms with Crippen molar-refractivity contribution in [2.45, 2.75) is 33.2 Å². The van der Waals surface area contributed by atoms with Gasteiger partial charge in [-0.15, -0.1) is 5.10 Å². The zero-order valence-electron chi connectivity index (χ0n) is 15.6. The van der Waals surface area contributed by atoms with Gasteiger partial charge in [-0.25, -0.2) is 14.3 Å². The number of benzene rings is 1. The number of nitrogens with zero attached hydrogens (tertiary/aromatic N) is 7. The molecule has 0 unspecified atom stereocenters. The fourth-order valence-corrected chi connectivity index (χ4v) is 2.87. The zero-order chi connectivity index (χ0) is 18.8. The molecule has 0 aliphatic carbocycles. The molecule has 0 aliphatic heterocycles. The van der Waals surface area contributed by atoms with Gasteiger partial charge in [-0.3, -0.25) is 4.98 Å². The van der Waals surface area contributed by atoms with Crippen molar-refractivity contribution >= 4 is 0 Å². The molecule has 0 atom stereocenters. The molecule has 0 spiro atoms. The smallest absolute Gasteiger partial charge is 0.180 e. The van der Waals surface area contributed by atoms with Gasteiger partial charge >= 0.3 is 0 Å². The lowest BCUT2D eigenvalue weighted by Crippen LogP contribution is -2.05. The van der Waals surface area contributed by atoms with Gasteiger partial charge in [0, 0.05) is 18.3 Å². The Morgan fingerprint density at radius 1 is 1.04 bits per heavy atom. The Morgan fingerprint density at radius 3 is 2.56 bits per heavy atom. The Hall–Kier alpha value is -3.35. The van der Waals surface area contributed by atoms with E-state index in [4.69, 9.17) is 4.98 Å². The van der Waals surface area contributed by atoms with E-state index in [0.717, 1.165) is 28.5 Å². The van der Waals surface area contributed by atoms with Gasteiger partial charge in [0.05, 0.1) is 18.4 Å². The lowest BCUT2D eigenvalue weighted by atomic mass is 10.2. The van der Waals surface area contributed by atoms with Crippen LogP contribution < -0.4 is 0 Å². The normalized spacial score (nSPS) is 11.3. The van der Waals surface area contributed by atoms with E-state index in [1.165, 1.54) is 0 Å². The summed E-state index contributed by atoms with van der Waals surface area (Å²) in [6.45, 7) is 6.83. The van der Waals surface area contributed by atoms with Crippen LogP contribution in [0.1, 0.15) is 36.7 Å². The van der Waals surface area contributed by atoms with Gasteiger partial charge in [0.25, 0.3) is 0 Å². The van der Waals surface area contributed by atoms with Crippen LogP contribution in [-0.2, 0) is 6.54 Å². The summed E-state index contributed by atoms with van der Waals surface area (Å²) < 4.78 is 3.67. The highest BCUT2D eigenvalue weighted by molar-refractivity contribution is 5.50. The topological polar surface area (TPSA) is 74.3 Å². The summed E-state index contributed by atoms with van der Waals surface area (Å²) >= 11 is 0. The van der Waals surface area contributed by atoms with E-state index < -0.39 is 0 Å². The lowest BCUT2D eigenvalue weighted by Gasteiger charge is -2.04. The van der Waals surface area contributed by atoms with E-state index >= 15 is 0 Å². The van der Waals surface area contributed by atoms with E-state index in [2.05, 4.69) is 47.2 Å². The zero-order valence-corrected chi connectivity index (χ0v) is 15.6. The molecular formula is C20H21N7. The van der Waals surface area contributed by atoms with Crippen LogP contribution in [0.2, 0.25) is 0 Å². The molecule has 0 fully saturated rings. The molecule has 3 heterocycles. The van der Waals surface area contributed by atoms with Crippen LogP contribution >= 0.6 is 0 Å². The average molecular weight is 359 g/mol. The summed E-state index contributed by atoms with van der Waals surface area (Å²) in [6, 6.07) is 12.0. The van der Waals surface area contributed by atoms with Crippen molar-refractivity contribution in [3.63, 3.8) is 0 Å². The van der Waals surface area contributed by atoms with Crippen LogP contribution in [0.3, 0.4) is 0 Å². The van der Waals surface area contributed by atoms with Crippen molar-refractivity contribution in [3.8, 4) is 17.2 Å². The second kappa shape index (κ2) is 7.11. The van der Waals surface area contributed by atoms with Crippen molar-refractivity contribution in [2.75, 3.05) is 0 Å². The van der Waals surface area contributed by atoms with E-state index in [0.29, 0.717) is 12.2 Å². The summed E-state index contributed by atoms with van der Waals surface area (Å²) in [5.74, 6) is 1.74. The highest BCUT2D eigenvalue weighted by Crippen LogP contribution is 2.21. The number of hydrogen-bond donors (Lipinski definition) is 0. The van der Waals surface area contributed by atoms with E-state index in [-0.39, 0.29) is 5.92 Å². The molecule has 0 aliphatic rings. The molecule has 4 aromatic rings. The van der Waals surface area contributed by atoms with Gasteiger partial charge in [-0.1, -0.05) is 37.3 Å². The van der Waals surface area contributed by atoms with Crippen LogP contribution in [0.15, 0.2) is 55.0 Å². The maximum Gasteiger partial charge on any atom is 0.180 e. The first-order valence-corrected chi connectivity index (χ1v) is 8.94. The SMILES string of the molecule is Cc1ccccc1-n1cc(-c2nc(C(C)C)nn2Cc2ccncc2)nn1. The quantitative estimate of drug-likeness (QED) is 0.546. The van der Waals surface area contributed by atoms with Gasteiger partial charge in [-0.2, -0.15) is 5.10 Å². The largest absolute Gasteiger partial charge is 0.265 e. The Bertz CT molecular complexity index is 1050. The first-order valence-electron chi connectivity index (χ1n) is 8.94. The van der Waals surface area contributed by atoms with Crippen LogP contribution in [0, 0.1) is 6.92 Å². The number of aryl methyl sites for hydroxylation is 1. The maximum atomic E-state index is 4.73. The second-order valence-corrected chi connectivity index (χ2v) is 6.80. The molecule has 0 amide bonds. The number of hydrogen-bond acceptors (Lipinski definition) is 5. The van der Waals surface area contributed by atoms with Crippen molar-refractivity contribution in [2.24, 2.45) is 0 Å². The predicted molar refractivity (Wildman–Crippen MR) is 103 cm³/mol. The summed E-state index contributed by atoms with van der Waals surface area (Å²) in [5, 5.41) is 13.3. The Kier molecular flexibility index (Phi) is 4.50. The van der Waals surface area contributed by atoms with E-state index in [9.17, 15) is 0 Å². The Labute approximate surface area is 157 Å². The van der Waals surface area contributed by atoms with Gasteiger partial charge in [0.15, 0.2) is 17.3 Å². The lowest BCUT2D eigenvalue weighted by molar-refractivity contribution is 0.660. The number of aromatic nitrogens is 7. The standard InChI is InChI=1S/C20H21N7/c1-14(2)19-22-20(27(24-19)12-16-8-10-21-11-9-16)17-13-26(25-23-17)18-7-5-4-6-15(18)3/h4-11,13-14H,12H2,1-3H3. The minimum Gasteiger partial charge on any atom is -0.265 e. The van der Waals surface area contributed by atoms with Crippen LogP contribution in [0.25, 0.3) is 17.2 Å². The molecule has 0 saturated carbocycles. The predicted octanol–water partition coefficient (Wildman–Crippen LogP) is 3.40. The molecule has 0 N–H and O–H groups in total. The minimum atomic E-state index is 0.230. The molecule has 0 radical (unpaired) electrons. The average Bonchev–Trinajstić information content (AvgIpc) is 3.30. The Morgan fingerprint density at radius 2 is 1.81 bits per heavy atom. The molecule has 1 aromatic carbocycles. The number of rotatable bonds is 5. The van der Waals surface area contributed by atoms with Crippen LogP contribution in [-0.4, -0.2) is 34.7 Å². The highest BCUT2D eigenvalue weighted by Gasteiger charge is 2.18. The molecule has 7 nitrogen and oxygen atoms in total. The highest BCUT2D eigenvalue weighted by atomic mass is 15.4. The third-order valence-corrected chi connectivity index (χ3v) is 4.37. The monoisotopic (exact) mass is 359 g/mol. The third kappa shape index (κ3) is 3.48. The molecule has 0 bridgehead atoms. The fraction of sp³-hybridized carbons (Fsp3) is 0.250. The molecule has 27 heavy (non-hydrogen) atoms. The van der Waals surface area contributed by atoms with Crippen molar-refractivity contribution in [1.29, 1.82) is 0 Å². The summed E-state index contributed by atoms with van der Waals surface area (Å²) in [7, 11) is 0. The molecular weight excluding hydrogens is 338 g/mol. The number of pyridine rings is 1. The van der Waals surface area contributed by atoms with Crippen LogP contribution in [0.5, 0.6) is 0 Å². The second-order valence-electron chi connectivity index (χ2n) is 6.80. The maximum absolute atomic E-state index is 4.73. The van der Waals surface area contributed by atoms with E-state index in [1.807, 2.05) is 41.2 Å². The summed E-state index contributed by atoms with van der Waals surface area (Å²) in [5.41, 5.74) is 3.94. The number of para-hydroxylation sites is 1. The molecule has 3 aromatic heterocycles. The summed E-state index contributed by atoms with van der Waals surface area (Å²) in [6.07, 6.45) is 5.47.